The van der Waals surface area contributed by atoms with Crippen molar-refractivity contribution in [2.24, 2.45) is 10.9 Å². The number of aliphatic imine (C=N–C) groups is 1. The van der Waals surface area contributed by atoms with Gasteiger partial charge in [-0.2, -0.15) is 0 Å². The summed E-state index contributed by atoms with van der Waals surface area (Å²) < 4.78 is 10.7. The number of morpholine rings is 1. The van der Waals surface area contributed by atoms with Crippen molar-refractivity contribution >= 4 is 11.9 Å². The Balaban J connectivity index is 1.52. The highest BCUT2D eigenvalue weighted by Gasteiger charge is 2.31. The molecule has 7 heteroatoms. The average Bonchev–Trinajstić information content (AvgIpc) is 2.80. The number of nitrogens with zero attached hydrogens (tertiary/aromatic N) is 3. The van der Waals surface area contributed by atoms with Gasteiger partial charge in [0.15, 0.2) is 5.96 Å². The second-order valence-electron chi connectivity index (χ2n) is 8.72. The molecule has 2 aliphatic heterocycles. The SMILES string of the molecule is CN=C(NCC(C)(C)c1cccc(OC)c1)N1CCC(C(=O)N2CCOCC2)CC1. The van der Waals surface area contributed by atoms with Crippen molar-refractivity contribution in [2.75, 3.05) is 60.1 Å². The van der Waals surface area contributed by atoms with E-state index in [-0.39, 0.29) is 11.3 Å². The van der Waals surface area contributed by atoms with E-state index in [2.05, 4.69) is 41.2 Å². The molecule has 2 heterocycles. The second-order valence-corrected chi connectivity index (χ2v) is 8.72. The fraction of sp³-hybridized carbons (Fsp3) is 0.652. The van der Waals surface area contributed by atoms with Gasteiger partial charge in [0, 0.05) is 51.1 Å². The van der Waals surface area contributed by atoms with Crippen LogP contribution in [0.4, 0.5) is 0 Å². The van der Waals surface area contributed by atoms with Crippen LogP contribution >= 0.6 is 0 Å². The first-order valence-electron chi connectivity index (χ1n) is 10.9. The lowest BCUT2D eigenvalue weighted by molar-refractivity contribution is -0.140. The summed E-state index contributed by atoms with van der Waals surface area (Å²) in [6, 6.07) is 8.22. The number of likely N-dealkylation sites (tertiary alicyclic amines) is 1. The Kier molecular flexibility index (Phi) is 7.58. The van der Waals surface area contributed by atoms with Gasteiger partial charge in [-0.15, -0.1) is 0 Å². The molecule has 30 heavy (non-hydrogen) atoms. The van der Waals surface area contributed by atoms with Gasteiger partial charge >= 0.3 is 0 Å². The Labute approximate surface area is 180 Å². The topological polar surface area (TPSA) is 66.4 Å². The van der Waals surface area contributed by atoms with Gasteiger partial charge in [-0.3, -0.25) is 9.79 Å². The fourth-order valence-corrected chi connectivity index (χ4v) is 4.16. The smallest absolute Gasteiger partial charge is 0.225 e. The molecule has 1 aromatic carbocycles. The average molecular weight is 417 g/mol. The second kappa shape index (κ2) is 10.2. The summed E-state index contributed by atoms with van der Waals surface area (Å²) in [5.74, 6) is 2.19. The first kappa shape index (κ1) is 22.4. The zero-order valence-corrected chi connectivity index (χ0v) is 18.8. The van der Waals surface area contributed by atoms with Crippen LogP contribution < -0.4 is 10.1 Å². The Morgan fingerprint density at radius 3 is 2.53 bits per heavy atom. The maximum Gasteiger partial charge on any atom is 0.225 e. The summed E-state index contributed by atoms with van der Waals surface area (Å²) in [6.45, 7) is 9.65. The molecule has 1 amide bonds. The number of carbonyl (C=O) groups excluding carboxylic acids is 1. The highest BCUT2D eigenvalue weighted by Crippen LogP contribution is 2.26. The Bertz CT molecular complexity index is 736. The molecule has 2 aliphatic rings. The largest absolute Gasteiger partial charge is 0.497 e. The van der Waals surface area contributed by atoms with Crippen LogP contribution in [-0.4, -0.2) is 81.8 Å². The standard InChI is InChI=1S/C23H36N4O3/c1-23(2,19-6-5-7-20(16-19)29-4)17-25-22(24-3)27-10-8-18(9-11-27)21(28)26-12-14-30-15-13-26/h5-7,16,18H,8-15,17H2,1-4H3,(H,24,25). The predicted octanol–water partition coefficient (Wildman–Crippen LogP) is 2.12. The number of amides is 1. The molecule has 1 N–H and O–H groups in total. The first-order valence-corrected chi connectivity index (χ1v) is 10.9. The third kappa shape index (κ3) is 5.45. The summed E-state index contributed by atoms with van der Waals surface area (Å²) >= 11 is 0. The van der Waals surface area contributed by atoms with E-state index in [0.29, 0.717) is 19.1 Å². The van der Waals surface area contributed by atoms with Crippen molar-refractivity contribution in [3.63, 3.8) is 0 Å². The van der Waals surface area contributed by atoms with E-state index in [9.17, 15) is 4.79 Å². The minimum absolute atomic E-state index is 0.0743. The molecule has 3 rings (SSSR count). The molecule has 2 fully saturated rings. The van der Waals surface area contributed by atoms with Crippen LogP contribution in [-0.2, 0) is 14.9 Å². The summed E-state index contributed by atoms with van der Waals surface area (Å²) in [4.78, 5) is 21.5. The molecule has 0 aliphatic carbocycles. The number of hydrogen-bond acceptors (Lipinski definition) is 4. The van der Waals surface area contributed by atoms with Gasteiger partial charge in [0.1, 0.15) is 5.75 Å². The van der Waals surface area contributed by atoms with Crippen molar-refractivity contribution in [1.82, 2.24) is 15.1 Å². The molecule has 0 spiro atoms. The monoisotopic (exact) mass is 416 g/mol. The number of benzene rings is 1. The van der Waals surface area contributed by atoms with E-state index in [1.807, 2.05) is 24.1 Å². The minimum Gasteiger partial charge on any atom is -0.497 e. The van der Waals surface area contributed by atoms with Gasteiger partial charge in [-0.25, -0.2) is 0 Å². The van der Waals surface area contributed by atoms with Gasteiger partial charge in [0.05, 0.1) is 20.3 Å². The van der Waals surface area contributed by atoms with Gasteiger partial charge in [-0.1, -0.05) is 26.0 Å². The van der Waals surface area contributed by atoms with Crippen molar-refractivity contribution in [1.29, 1.82) is 0 Å². The third-order valence-corrected chi connectivity index (χ3v) is 6.22. The highest BCUT2D eigenvalue weighted by molar-refractivity contribution is 5.82. The number of methoxy groups -OCH3 is 1. The summed E-state index contributed by atoms with van der Waals surface area (Å²) in [7, 11) is 3.52. The summed E-state index contributed by atoms with van der Waals surface area (Å²) in [5, 5.41) is 3.55. The number of piperidine rings is 1. The summed E-state index contributed by atoms with van der Waals surface area (Å²) in [5.41, 5.74) is 1.15. The molecule has 166 valence electrons. The van der Waals surface area contributed by atoms with Crippen molar-refractivity contribution in [2.45, 2.75) is 32.1 Å². The van der Waals surface area contributed by atoms with E-state index in [1.54, 1.807) is 7.11 Å². The molecular weight excluding hydrogens is 380 g/mol. The fourth-order valence-electron chi connectivity index (χ4n) is 4.16. The Hall–Kier alpha value is -2.28. The number of guanidine groups is 1. The number of rotatable bonds is 5. The van der Waals surface area contributed by atoms with Gasteiger partial charge in [0.25, 0.3) is 0 Å². The van der Waals surface area contributed by atoms with E-state index in [1.165, 1.54) is 5.56 Å². The van der Waals surface area contributed by atoms with Crippen molar-refractivity contribution < 1.29 is 14.3 Å². The lowest BCUT2D eigenvalue weighted by Crippen LogP contribution is -2.51. The van der Waals surface area contributed by atoms with Crippen LogP contribution in [0.5, 0.6) is 5.75 Å². The lowest BCUT2D eigenvalue weighted by atomic mass is 9.84. The molecule has 0 bridgehead atoms. The number of ether oxygens (including phenoxy) is 2. The van der Waals surface area contributed by atoms with E-state index in [0.717, 1.165) is 57.3 Å². The van der Waals surface area contributed by atoms with Gasteiger partial charge < -0.3 is 24.6 Å². The molecule has 1 aromatic rings. The third-order valence-electron chi connectivity index (χ3n) is 6.22. The molecular formula is C23H36N4O3. The molecule has 0 radical (unpaired) electrons. The maximum atomic E-state index is 12.8. The van der Waals surface area contributed by atoms with Crippen LogP contribution in [0.3, 0.4) is 0 Å². The van der Waals surface area contributed by atoms with E-state index < -0.39 is 0 Å². The Morgan fingerprint density at radius 1 is 1.20 bits per heavy atom. The van der Waals surface area contributed by atoms with Crippen LogP contribution in [0.2, 0.25) is 0 Å². The zero-order valence-electron chi connectivity index (χ0n) is 18.8. The molecule has 0 aromatic heterocycles. The van der Waals surface area contributed by atoms with Gasteiger partial charge in [0.2, 0.25) is 5.91 Å². The molecule has 0 atom stereocenters. The number of carbonyl (C=O) groups is 1. The van der Waals surface area contributed by atoms with E-state index >= 15 is 0 Å². The quantitative estimate of drug-likeness (QED) is 0.588. The van der Waals surface area contributed by atoms with Crippen LogP contribution in [0.1, 0.15) is 32.3 Å². The van der Waals surface area contributed by atoms with E-state index in [4.69, 9.17) is 9.47 Å². The normalized spacial score (nSPS) is 19.0. The molecule has 2 saturated heterocycles. The van der Waals surface area contributed by atoms with Crippen molar-refractivity contribution in [3.05, 3.63) is 29.8 Å². The minimum atomic E-state index is -0.0743. The van der Waals surface area contributed by atoms with Crippen LogP contribution in [0.15, 0.2) is 29.3 Å². The van der Waals surface area contributed by atoms with Crippen molar-refractivity contribution in [3.8, 4) is 5.75 Å². The highest BCUT2D eigenvalue weighted by atomic mass is 16.5. The molecule has 7 nitrogen and oxygen atoms in total. The Morgan fingerprint density at radius 2 is 1.90 bits per heavy atom. The van der Waals surface area contributed by atoms with Gasteiger partial charge in [-0.05, 0) is 30.5 Å². The lowest BCUT2D eigenvalue weighted by Gasteiger charge is -2.37. The molecule has 0 saturated carbocycles. The first-order chi connectivity index (χ1) is 14.4. The predicted molar refractivity (Wildman–Crippen MR) is 119 cm³/mol. The van der Waals surface area contributed by atoms with Crippen LogP contribution in [0.25, 0.3) is 0 Å². The molecule has 0 unspecified atom stereocenters. The van der Waals surface area contributed by atoms with Crippen LogP contribution in [0, 0.1) is 5.92 Å². The summed E-state index contributed by atoms with van der Waals surface area (Å²) in [6.07, 6.45) is 1.74. The number of hydrogen-bond donors (Lipinski definition) is 1. The maximum absolute atomic E-state index is 12.8. The zero-order chi connectivity index (χ0) is 21.6. The number of nitrogens with one attached hydrogen (secondary N) is 1.